The van der Waals surface area contributed by atoms with E-state index in [1.807, 2.05) is 0 Å². The Morgan fingerprint density at radius 2 is 1.86 bits per heavy atom. The van der Waals surface area contributed by atoms with E-state index in [0.29, 0.717) is 6.61 Å². The van der Waals surface area contributed by atoms with Gasteiger partial charge in [-0.2, -0.15) is 0 Å². The zero-order chi connectivity index (χ0) is 16.3. The van der Waals surface area contributed by atoms with Crippen molar-refractivity contribution in [1.82, 2.24) is 5.32 Å². The second-order valence-electron chi connectivity index (χ2n) is 5.07. The number of ether oxygens (including phenoxy) is 1. The van der Waals surface area contributed by atoms with E-state index in [9.17, 15) is 25.0 Å². The lowest BCUT2D eigenvalue weighted by Gasteiger charge is -2.19. The highest BCUT2D eigenvalue weighted by molar-refractivity contribution is 5.95. The SMILES string of the molecule is C[C@@H](NC(=O)c1cc([N+](=O)[O-])cc([N+](=O)[O-])c1)[C@@H]1CCCO1. The van der Waals surface area contributed by atoms with Gasteiger partial charge in [-0.1, -0.05) is 0 Å². The van der Waals surface area contributed by atoms with E-state index in [1.54, 1.807) is 6.92 Å². The topological polar surface area (TPSA) is 125 Å². The Morgan fingerprint density at radius 1 is 1.27 bits per heavy atom. The average Bonchev–Trinajstić information content (AvgIpc) is 3.00. The maximum atomic E-state index is 12.1. The number of rotatable bonds is 5. The fourth-order valence-corrected chi connectivity index (χ4v) is 2.32. The Labute approximate surface area is 125 Å². The number of nitro groups is 2. The number of hydrogen-bond acceptors (Lipinski definition) is 6. The van der Waals surface area contributed by atoms with Gasteiger partial charge < -0.3 is 10.1 Å². The van der Waals surface area contributed by atoms with Crippen molar-refractivity contribution in [2.24, 2.45) is 0 Å². The van der Waals surface area contributed by atoms with Gasteiger partial charge in [0.05, 0.1) is 33.6 Å². The van der Waals surface area contributed by atoms with Crippen molar-refractivity contribution in [1.29, 1.82) is 0 Å². The third kappa shape index (κ3) is 3.55. The first-order valence-electron chi connectivity index (χ1n) is 6.75. The standard InChI is InChI=1S/C13H15N3O6/c1-8(12-3-2-4-22-12)14-13(17)9-5-10(15(18)19)7-11(6-9)16(20)21/h5-8,12H,2-4H2,1H3,(H,14,17)/t8-,12+/m1/s1. The first kappa shape index (κ1) is 15.8. The van der Waals surface area contributed by atoms with Crippen LogP contribution < -0.4 is 5.32 Å². The molecule has 2 atom stereocenters. The molecule has 9 heteroatoms. The smallest absolute Gasteiger partial charge is 0.277 e. The highest BCUT2D eigenvalue weighted by atomic mass is 16.6. The van der Waals surface area contributed by atoms with Gasteiger partial charge in [0.15, 0.2) is 0 Å². The first-order valence-corrected chi connectivity index (χ1v) is 6.75. The van der Waals surface area contributed by atoms with E-state index in [2.05, 4.69) is 5.32 Å². The van der Waals surface area contributed by atoms with Crippen molar-refractivity contribution in [3.8, 4) is 0 Å². The number of nitrogens with zero attached hydrogens (tertiary/aromatic N) is 2. The Hall–Kier alpha value is -2.55. The molecule has 22 heavy (non-hydrogen) atoms. The van der Waals surface area contributed by atoms with Crippen LogP contribution in [0.25, 0.3) is 0 Å². The van der Waals surface area contributed by atoms with Gasteiger partial charge in [0.25, 0.3) is 17.3 Å². The summed E-state index contributed by atoms with van der Waals surface area (Å²) >= 11 is 0. The number of hydrogen-bond donors (Lipinski definition) is 1. The van der Waals surface area contributed by atoms with Crippen LogP contribution in [-0.2, 0) is 4.74 Å². The Bertz CT molecular complexity index is 580. The quantitative estimate of drug-likeness (QED) is 0.653. The molecule has 2 rings (SSSR count). The third-order valence-corrected chi connectivity index (χ3v) is 3.47. The molecule has 0 saturated carbocycles. The second-order valence-corrected chi connectivity index (χ2v) is 5.07. The molecule has 118 valence electrons. The van der Waals surface area contributed by atoms with Crippen LogP contribution in [0, 0.1) is 20.2 Å². The normalized spacial score (nSPS) is 18.7. The van der Waals surface area contributed by atoms with Crippen LogP contribution in [0.15, 0.2) is 18.2 Å². The van der Waals surface area contributed by atoms with Gasteiger partial charge in [-0.05, 0) is 19.8 Å². The fraction of sp³-hybridized carbons (Fsp3) is 0.462. The molecule has 1 aromatic rings. The molecule has 1 fully saturated rings. The van der Waals surface area contributed by atoms with E-state index >= 15 is 0 Å². The molecule has 0 aromatic heterocycles. The van der Waals surface area contributed by atoms with E-state index in [4.69, 9.17) is 4.74 Å². The van der Waals surface area contributed by atoms with Gasteiger partial charge in [-0.15, -0.1) is 0 Å². The van der Waals surface area contributed by atoms with Gasteiger partial charge in [0.2, 0.25) is 0 Å². The third-order valence-electron chi connectivity index (χ3n) is 3.47. The molecule has 0 radical (unpaired) electrons. The second kappa shape index (κ2) is 6.48. The molecule has 1 aliphatic heterocycles. The number of carbonyl (C=O) groups is 1. The summed E-state index contributed by atoms with van der Waals surface area (Å²) in [4.78, 5) is 32.2. The van der Waals surface area contributed by atoms with Crippen LogP contribution in [0.5, 0.6) is 0 Å². The zero-order valence-electron chi connectivity index (χ0n) is 11.9. The van der Waals surface area contributed by atoms with Crippen molar-refractivity contribution in [2.45, 2.75) is 31.9 Å². The lowest BCUT2D eigenvalue weighted by molar-refractivity contribution is -0.394. The molecule has 0 unspecified atom stereocenters. The predicted molar refractivity (Wildman–Crippen MR) is 75.7 cm³/mol. The van der Waals surface area contributed by atoms with Crippen LogP contribution in [0.2, 0.25) is 0 Å². The molecule has 9 nitrogen and oxygen atoms in total. The van der Waals surface area contributed by atoms with E-state index in [1.165, 1.54) is 0 Å². The minimum absolute atomic E-state index is 0.113. The summed E-state index contributed by atoms with van der Waals surface area (Å²) in [7, 11) is 0. The van der Waals surface area contributed by atoms with Crippen LogP contribution in [0.1, 0.15) is 30.1 Å². The Morgan fingerprint density at radius 3 is 2.32 bits per heavy atom. The maximum absolute atomic E-state index is 12.1. The van der Waals surface area contributed by atoms with Gasteiger partial charge >= 0.3 is 0 Å². The van der Waals surface area contributed by atoms with Crippen LogP contribution in [0.4, 0.5) is 11.4 Å². The highest BCUT2D eigenvalue weighted by Gasteiger charge is 2.25. The predicted octanol–water partition coefficient (Wildman–Crippen LogP) is 1.80. The maximum Gasteiger partial charge on any atom is 0.277 e. The summed E-state index contributed by atoms with van der Waals surface area (Å²) in [6.07, 6.45) is 1.61. The molecular formula is C13H15N3O6. The van der Waals surface area contributed by atoms with E-state index in [-0.39, 0.29) is 17.7 Å². The van der Waals surface area contributed by atoms with Gasteiger partial charge in [0, 0.05) is 18.7 Å². The molecule has 1 aliphatic rings. The molecule has 1 heterocycles. The van der Waals surface area contributed by atoms with E-state index in [0.717, 1.165) is 31.0 Å². The molecular weight excluding hydrogens is 294 g/mol. The summed E-state index contributed by atoms with van der Waals surface area (Å²) in [5.41, 5.74) is -1.11. The average molecular weight is 309 g/mol. The number of benzene rings is 1. The lowest BCUT2D eigenvalue weighted by Crippen LogP contribution is -2.40. The van der Waals surface area contributed by atoms with Crippen LogP contribution in [0.3, 0.4) is 0 Å². The summed E-state index contributed by atoms with van der Waals surface area (Å²) in [6.45, 7) is 2.40. The largest absolute Gasteiger partial charge is 0.376 e. The number of non-ortho nitro benzene ring substituents is 2. The van der Waals surface area contributed by atoms with E-state index < -0.39 is 27.1 Å². The summed E-state index contributed by atoms with van der Waals surface area (Å²) in [5.74, 6) is -0.602. The molecule has 0 bridgehead atoms. The van der Waals surface area contributed by atoms with Crippen molar-refractivity contribution >= 4 is 17.3 Å². The molecule has 1 aromatic carbocycles. The van der Waals surface area contributed by atoms with Crippen molar-refractivity contribution in [3.05, 3.63) is 44.0 Å². The van der Waals surface area contributed by atoms with Gasteiger partial charge in [-0.25, -0.2) is 0 Å². The molecule has 0 spiro atoms. The lowest BCUT2D eigenvalue weighted by atomic mass is 10.1. The Kier molecular flexibility index (Phi) is 4.66. The number of nitrogens with one attached hydrogen (secondary N) is 1. The summed E-state index contributed by atoms with van der Waals surface area (Å²) < 4.78 is 5.44. The number of nitro benzene ring substituents is 2. The van der Waals surface area contributed by atoms with Gasteiger partial charge in [0.1, 0.15) is 0 Å². The fourth-order valence-electron chi connectivity index (χ4n) is 2.32. The monoisotopic (exact) mass is 309 g/mol. The molecule has 1 amide bonds. The summed E-state index contributed by atoms with van der Waals surface area (Å²) in [5, 5.41) is 24.3. The minimum atomic E-state index is -0.771. The summed E-state index contributed by atoms with van der Waals surface area (Å²) in [6, 6.07) is 2.57. The Balaban J connectivity index is 2.20. The zero-order valence-corrected chi connectivity index (χ0v) is 11.9. The molecule has 1 N–H and O–H groups in total. The number of amides is 1. The van der Waals surface area contributed by atoms with Crippen LogP contribution >= 0.6 is 0 Å². The van der Waals surface area contributed by atoms with Crippen molar-refractivity contribution < 1.29 is 19.4 Å². The molecule has 0 aliphatic carbocycles. The van der Waals surface area contributed by atoms with Crippen molar-refractivity contribution in [2.75, 3.05) is 6.61 Å². The molecule has 1 saturated heterocycles. The van der Waals surface area contributed by atoms with Crippen LogP contribution in [-0.4, -0.2) is 34.5 Å². The first-order chi connectivity index (χ1) is 10.4. The van der Waals surface area contributed by atoms with Crippen molar-refractivity contribution in [3.63, 3.8) is 0 Å². The van der Waals surface area contributed by atoms with Gasteiger partial charge in [-0.3, -0.25) is 25.0 Å². The highest BCUT2D eigenvalue weighted by Crippen LogP contribution is 2.23. The number of carbonyl (C=O) groups excluding carboxylic acids is 1. The minimum Gasteiger partial charge on any atom is -0.376 e.